The summed E-state index contributed by atoms with van der Waals surface area (Å²) in [5, 5.41) is 8.59. The van der Waals surface area contributed by atoms with Crippen molar-refractivity contribution < 1.29 is 9.53 Å². The van der Waals surface area contributed by atoms with E-state index < -0.39 is 0 Å². The summed E-state index contributed by atoms with van der Waals surface area (Å²) in [5.41, 5.74) is 1.52. The van der Waals surface area contributed by atoms with Gasteiger partial charge in [-0.3, -0.25) is 4.79 Å². The molecule has 0 saturated heterocycles. The largest absolute Gasteiger partial charge is 0.374 e. The van der Waals surface area contributed by atoms with Crippen molar-refractivity contribution in [2.45, 2.75) is 13.3 Å². The van der Waals surface area contributed by atoms with Gasteiger partial charge in [0.25, 0.3) is 0 Å². The van der Waals surface area contributed by atoms with Gasteiger partial charge in [-0.1, -0.05) is 12.1 Å². The number of ketones is 1. The van der Waals surface area contributed by atoms with E-state index in [9.17, 15) is 4.79 Å². The summed E-state index contributed by atoms with van der Waals surface area (Å²) >= 11 is 0. The van der Waals surface area contributed by atoms with Crippen LogP contribution in [0.1, 0.15) is 18.1 Å². The Morgan fingerprint density at radius 1 is 1.40 bits per heavy atom. The lowest BCUT2D eigenvalue weighted by atomic mass is 10.1. The van der Waals surface area contributed by atoms with Crippen LogP contribution in [-0.4, -0.2) is 19.0 Å². The van der Waals surface area contributed by atoms with Crippen LogP contribution < -0.4 is 0 Å². The quantitative estimate of drug-likeness (QED) is 0.732. The monoisotopic (exact) mass is 203 g/mol. The summed E-state index contributed by atoms with van der Waals surface area (Å²) in [6, 6.07) is 9.04. The second-order valence-corrected chi connectivity index (χ2v) is 3.16. The Morgan fingerprint density at radius 2 is 2.07 bits per heavy atom. The third-order valence-corrected chi connectivity index (χ3v) is 1.95. The Labute approximate surface area is 89.3 Å². The molecule has 0 atom stereocenters. The van der Waals surface area contributed by atoms with Gasteiger partial charge in [0.1, 0.15) is 6.61 Å². The van der Waals surface area contributed by atoms with Crippen molar-refractivity contribution in [1.82, 2.24) is 0 Å². The first-order valence-electron chi connectivity index (χ1n) is 4.84. The molecule has 0 N–H and O–H groups in total. The van der Waals surface area contributed by atoms with Crippen molar-refractivity contribution in [2.75, 3.05) is 13.2 Å². The van der Waals surface area contributed by atoms with Gasteiger partial charge in [-0.05, 0) is 24.6 Å². The van der Waals surface area contributed by atoms with Crippen LogP contribution in [0.25, 0.3) is 0 Å². The fourth-order valence-corrected chi connectivity index (χ4v) is 1.19. The molecule has 0 spiro atoms. The molecule has 0 bridgehead atoms. The van der Waals surface area contributed by atoms with E-state index in [4.69, 9.17) is 10.00 Å². The second kappa shape index (κ2) is 5.94. The number of nitriles is 1. The van der Waals surface area contributed by atoms with Gasteiger partial charge >= 0.3 is 0 Å². The Hall–Kier alpha value is -1.66. The van der Waals surface area contributed by atoms with Crippen LogP contribution in [0.4, 0.5) is 0 Å². The van der Waals surface area contributed by atoms with E-state index in [2.05, 4.69) is 0 Å². The first-order chi connectivity index (χ1) is 7.26. The highest BCUT2D eigenvalue weighted by atomic mass is 16.5. The zero-order valence-electron chi connectivity index (χ0n) is 8.69. The number of hydrogen-bond acceptors (Lipinski definition) is 3. The lowest BCUT2D eigenvalue weighted by molar-refractivity contribution is -0.122. The number of carbonyl (C=O) groups is 1. The average Bonchev–Trinajstić information content (AvgIpc) is 2.27. The van der Waals surface area contributed by atoms with E-state index in [1.165, 1.54) is 0 Å². The Morgan fingerprint density at radius 3 is 2.60 bits per heavy atom. The molecule has 0 unspecified atom stereocenters. The lowest BCUT2D eigenvalue weighted by Gasteiger charge is -2.01. The third kappa shape index (κ3) is 3.92. The molecule has 0 heterocycles. The molecule has 1 rings (SSSR count). The van der Waals surface area contributed by atoms with Crippen LogP contribution in [0.15, 0.2) is 24.3 Å². The molecule has 15 heavy (non-hydrogen) atoms. The van der Waals surface area contributed by atoms with Gasteiger partial charge in [-0.2, -0.15) is 5.26 Å². The molecular weight excluding hydrogens is 190 g/mol. The van der Waals surface area contributed by atoms with Crippen LogP contribution >= 0.6 is 0 Å². The number of hydrogen-bond donors (Lipinski definition) is 0. The molecule has 0 aliphatic carbocycles. The summed E-state index contributed by atoms with van der Waals surface area (Å²) < 4.78 is 5.01. The lowest BCUT2D eigenvalue weighted by Crippen LogP contribution is -2.11. The summed E-state index contributed by atoms with van der Waals surface area (Å²) in [7, 11) is 0. The summed E-state index contributed by atoms with van der Waals surface area (Å²) in [4.78, 5) is 11.3. The smallest absolute Gasteiger partial charge is 0.162 e. The van der Waals surface area contributed by atoms with Crippen LogP contribution in [0.2, 0.25) is 0 Å². The third-order valence-electron chi connectivity index (χ3n) is 1.95. The molecule has 3 nitrogen and oxygen atoms in total. The van der Waals surface area contributed by atoms with Crippen molar-refractivity contribution in [3.8, 4) is 6.07 Å². The molecule has 1 aromatic carbocycles. The maximum atomic E-state index is 11.3. The number of Topliss-reactive ketones (excluding diaryl/α,β-unsaturated/α-hetero) is 1. The van der Waals surface area contributed by atoms with Crippen molar-refractivity contribution in [2.24, 2.45) is 0 Å². The number of carbonyl (C=O) groups excluding carboxylic acids is 1. The van der Waals surface area contributed by atoms with Gasteiger partial charge in [0.05, 0.1) is 11.6 Å². The zero-order chi connectivity index (χ0) is 11.1. The Bertz CT molecular complexity index is 362. The van der Waals surface area contributed by atoms with Crippen molar-refractivity contribution in [1.29, 1.82) is 5.26 Å². The molecule has 0 amide bonds. The minimum atomic E-state index is 0.0570. The number of nitrogens with zero attached hydrogens (tertiary/aromatic N) is 1. The Balaban J connectivity index is 2.50. The van der Waals surface area contributed by atoms with E-state index in [0.29, 0.717) is 18.6 Å². The molecule has 0 aromatic heterocycles. The normalized spacial score (nSPS) is 9.60. The summed E-state index contributed by atoms with van der Waals surface area (Å²) in [6.45, 7) is 2.57. The molecule has 3 heteroatoms. The van der Waals surface area contributed by atoms with E-state index >= 15 is 0 Å². The highest BCUT2D eigenvalue weighted by Gasteiger charge is 2.03. The van der Waals surface area contributed by atoms with Crippen LogP contribution in [0.5, 0.6) is 0 Å². The van der Waals surface area contributed by atoms with Gasteiger partial charge in [0.15, 0.2) is 5.78 Å². The van der Waals surface area contributed by atoms with Crippen LogP contribution in [0, 0.1) is 11.3 Å². The molecule has 0 saturated carbocycles. The van der Waals surface area contributed by atoms with Gasteiger partial charge < -0.3 is 4.74 Å². The molecule has 0 aliphatic rings. The van der Waals surface area contributed by atoms with E-state index in [0.717, 1.165) is 5.56 Å². The van der Waals surface area contributed by atoms with Crippen LogP contribution in [-0.2, 0) is 16.0 Å². The second-order valence-electron chi connectivity index (χ2n) is 3.16. The van der Waals surface area contributed by atoms with Crippen LogP contribution in [0.3, 0.4) is 0 Å². The fourth-order valence-electron chi connectivity index (χ4n) is 1.19. The van der Waals surface area contributed by atoms with Crippen molar-refractivity contribution in [3.05, 3.63) is 35.4 Å². The maximum absolute atomic E-state index is 11.3. The number of benzene rings is 1. The van der Waals surface area contributed by atoms with Crippen molar-refractivity contribution >= 4 is 5.78 Å². The molecule has 0 radical (unpaired) electrons. The fraction of sp³-hybridized carbons (Fsp3) is 0.333. The SMILES string of the molecule is CCOCC(=O)Cc1ccc(C#N)cc1. The maximum Gasteiger partial charge on any atom is 0.162 e. The Kier molecular flexibility index (Phi) is 4.52. The molecule has 1 aromatic rings. The molecule has 78 valence electrons. The predicted molar refractivity (Wildman–Crippen MR) is 56.4 cm³/mol. The molecular formula is C12H13NO2. The first-order valence-corrected chi connectivity index (χ1v) is 4.84. The van der Waals surface area contributed by atoms with Gasteiger partial charge in [0.2, 0.25) is 0 Å². The predicted octanol–water partition coefficient (Wildman–Crippen LogP) is 1.71. The zero-order valence-corrected chi connectivity index (χ0v) is 8.69. The topological polar surface area (TPSA) is 50.1 Å². The minimum absolute atomic E-state index is 0.0570. The summed E-state index contributed by atoms with van der Waals surface area (Å²) in [5.74, 6) is 0.0570. The standard InChI is InChI=1S/C12H13NO2/c1-2-15-9-12(14)7-10-3-5-11(8-13)6-4-10/h3-6H,2,7,9H2,1H3. The number of rotatable bonds is 5. The number of ether oxygens (including phenoxy) is 1. The van der Waals surface area contributed by atoms with E-state index in [1.54, 1.807) is 24.3 Å². The van der Waals surface area contributed by atoms with Gasteiger partial charge in [-0.15, -0.1) is 0 Å². The highest BCUT2D eigenvalue weighted by molar-refractivity contribution is 5.82. The van der Waals surface area contributed by atoms with Crippen molar-refractivity contribution in [3.63, 3.8) is 0 Å². The van der Waals surface area contributed by atoms with Gasteiger partial charge in [-0.25, -0.2) is 0 Å². The van der Waals surface area contributed by atoms with E-state index in [-0.39, 0.29) is 12.4 Å². The molecule has 0 aliphatic heterocycles. The van der Waals surface area contributed by atoms with Gasteiger partial charge in [0, 0.05) is 13.0 Å². The highest BCUT2D eigenvalue weighted by Crippen LogP contribution is 2.04. The average molecular weight is 203 g/mol. The summed E-state index contributed by atoms with van der Waals surface area (Å²) in [6.07, 6.45) is 0.367. The minimum Gasteiger partial charge on any atom is -0.374 e. The molecule has 0 fully saturated rings. The van der Waals surface area contributed by atoms with E-state index in [1.807, 2.05) is 13.0 Å². The first kappa shape index (κ1) is 11.4.